The van der Waals surface area contributed by atoms with Crippen molar-refractivity contribution in [3.63, 3.8) is 0 Å². The van der Waals surface area contributed by atoms with Gasteiger partial charge in [0.1, 0.15) is 5.82 Å². The summed E-state index contributed by atoms with van der Waals surface area (Å²) in [7, 11) is 0. The van der Waals surface area contributed by atoms with Crippen molar-refractivity contribution < 1.29 is 18.0 Å². The number of rotatable bonds is 2. The summed E-state index contributed by atoms with van der Waals surface area (Å²) in [5, 5.41) is 7.47. The van der Waals surface area contributed by atoms with Crippen LogP contribution in [0, 0.1) is 11.8 Å². The van der Waals surface area contributed by atoms with E-state index in [0.717, 1.165) is 5.69 Å². The molecule has 1 N–H and O–H groups in total. The zero-order chi connectivity index (χ0) is 19.9. The minimum Gasteiger partial charge on any atom is -0.311 e. The molecule has 0 bridgehead atoms. The zero-order valence-electron chi connectivity index (χ0n) is 16.5. The maximum Gasteiger partial charge on any atom is 0.391 e. The van der Waals surface area contributed by atoms with Gasteiger partial charge in [0.25, 0.3) is 0 Å². The van der Waals surface area contributed by atoms with Crippen molar-refractivity contribution in [2.24, 2.45) is 11.8 Å². The number of halogens is 3. The normalized spacial score (nSPS) is 22.3. The van der Waals surface area contributed by atoms with Crippen molar-refractivity contribution >= 4 is 11.7 Å². The molecule has 148 valence electrons. The van der Waals surface area contributed by atoms with Gasteiger partial charge in [0, 0.05) is 17.4 Å². The fourth-order valence-corrected chi connectivity index (χ4v) is 3.30. The standard InChI is InChI=1S/C19H30F3N3O/c1-17(2,3)14-11-15(25(24-14)18(4,5)6)23-16(26)12-8-7-9-13(10-12)19(20,21)22/h11-13H,7-10H2,1-6H3,(H,23,26). The molecule has 1 saturated carbocycles. The van der Waals surface area contributed by atoms with Gasteiger partial charge in [0.2, 0.25) is 5.91 Å². The molecule has 1 aliphatic carbocycles. The van der Waals surface area contributed by atoms with Crippen molar-refractivity contribution in [1.82, 2.24) is 9.78 Å². The molecule has 1 aromatic heterocycles. The van der Waals surface area contributed by atoms with Gasteiger partial charge in [0.05, 0.1) is 17.2 Å². The quantitative estimate of drug-likeness (QED) is 0.770. The second-order valence-corrected chi connectivity index (χ2v) is 9.34. The van der Waals surface area contributed by atoms with Crippen LogP contribution < -0.4 is 5.32 Å². The third-order valence-corrected chi connectivity index (χ3v) is 4.87. The average molecular weight is 373 g/mol. The van der Waals surface area contributed by atoms with Gasteiger partial charge in [-0.2, -0.15) is 18.3 Å². The molecule has 0 radical (unpaired) electrons. The number of hydrogen-bond acceptors (Lipinski definition) is 2. The summed E-state index contributed by atoms with van der Waals surface area (Å²) in [4.78, 5) is 12.7. The van der Waals surface area contributed by atoms with Crippen LogP contribution in [0.25, 0.3) is 0 Å². The first-order chi connectivity index (χ1) is 11.7. The van der Waals surface area contributed by atoms with Gasteiger partial charge in [-0.3, -0.25) is 4.79 Å². The lowest BCUT2D eigenvalue weighted by molar-refractivity contribution is -0.185. The monoisotopic (exact) mass is 373 g/mol. The molecule has 0 spiro atoms. The lowest BCUT2D eigenvalue weighted by Crippen LogP contribution is -2.35. The summed E-state index contributed by atoms with van der Waals surface area (Å²) < 4.78 is 40.8. The number of nitrogens with zero attached hydrogens (tertiary/aromatic N) is 2. The molecule has 0 aromatic carbocycles. The summed E-state index contributed by atoms with van der Waals surface area (Å²) in [6, 6.07) is 1.83. The third kappa shape index (κ3) is 4.80. The number of hydrogen-bond donors (Lipinski definition) is 1. The molecule has 2 unspecified atom stereocenters. The zero-order valence-corrected chi connectivity index (χ0v) is 16.5. The minimum absolute atomic E-state index is 0.112. The SMILES string of the molecule is CC(C)(C)c1cc(NC(=O)C2CCCC(C(F)(F)F)C2)n(C(C)(C)C)n1. The van der Waals surface area contributed by atoms with Crippen LogP contribution in [0.2, 0.25) is 0 Å². The first-order valence-corrected chi connectivity index (χ1v) is 9.18. The van der Waals surface area contributed by atoms with E-state index >= 15 is 0 Å². The van der Waals surface area contributed by atoms with E-state index in [1.807, 2.05) is 47.6 Å². The van der Waals surface area contributed by atoms with Crippen LogP contribution in [-0.4, -0.2) is 21.9 Å². The van der Waals surface area contributed by atoms with Crippen molar-refractivity contribution in [1.29, 1.82) is 0 Å². The van der Waals surface area contributed by atoms with Crippen molar-refractivity contribution in [3.8, 4) is 0 Å². The van der Waals surface area contributed by atoms with Gasteiger partial charge in [-0.25, -0.2) is 4.68 Å². The molecule has 0 aliphatic heterocycles. The molecule has 2 rings (SSSR count). The first kappa shape index (κ1) is 20.8. The fraction of sp³-hybridized carbons (Fsp3) is 0.789. The van der Waals surface area contributed by atoms with Crippen LogP contribution in [0.15, 0.2) is 6.07 Å². The Morgan fingerprint density at radius 1 is 1.15 bits per heavy atom. The lowest BCUT2D eigenvalue weighted by Gasteiger charge is -2.30. The Balaban J connectivity index is 2.22. The van der Waals surface area contributed by atoms with Crippen LogP contribution in [0.1, 0.15) is 72.9 Å². The maximum absolute atomic E-state index is 13.0. The lowest BCUT2D eigenvalue weighted by atomic mass is 9.80. The number of alkyl halides is 3. The molecule has 0 saturated heterocycles. The maximum atomic E-state index is 13.0. The summed E-state index contributed by atoms with van der Waals surface area (Å²) in [5.74, 6) is -1.80. The molecule has 1 aliphatic rings. The fourth-order valence-electron chi connectivity index (χ4n) is 3.30. The second-order valence-electron chi connectivity index (χ2n) is 9.34. The first-order valence-electron chi connectivity index (χ1n) is 9.18. The molecular weight excluding hydrogens is 343 g/mol. The van der Waals surface area contributed by atoms with Gasteiger partial charge in [0.15, 0.2) is 0 Å². The average Bonchev–Trinajstić information content (AvgIpc) is 2.90. The topological polar surface area (TPSA) is 46.9 Å². The molecule has 4 nitrogen and oxygen atoms in total. The van der Waals surface area contributed by atoms with E-state index < -0.39 is 18.0 Å². The van der Waals surface area contributed by atoms with E-state index in [2.05, 4.69) is 10.4 Å². The molecule has 26 heavy (non-hydrogen) atoms. The Labute approximate surface area is 153 Å². The number of carbonyl (C=O) groups excluding carboxylic acids is 1. The predicted molar refractivity (Wildman–Crippen MR) is 96.1 cm³/mol. The largest absolute Gasteiger partial charge is 0.391 e. The Morgan fingerprint density at radius 2 is 1.77 bits per heavy atom. The van der Waals surface area contributed by atoms with E-state index in [4.69, 9.17) is 0 Å². The number of amides is 1. The highest BCUT2D eigenvalue weighted by Crippen LogP contribution is 2.40. The highest BCUT2D eigenvalue weighted by Gasteiger charge is 2.43. The van der Waals surface area contributed by atoms with Gasteiger partial charge < -0.3 is 5.32 Å². The van der Waals surface area contributed by atoms with Crippen LogP contribution in [0.5, 0.6) is 0 Å². The molecule has 1 amide bonds. The van der Waals surface area contributed by atoms with Gasteiger partial charge in [-0.1, -0.05) is 27.2 Å². The highest BCUT2D eigenvalue weighted by molar-refractivity contribution is 5.92. The van der Waals surface area contributed by atoms with Crippen molar-refractivity contribution in [2.45, 2.75) is 84.4 Å². The molecule has 1 heterocycles. The number of carbonyl (C=O) groups is 1. The number of anilines is 1. The van der Waals surface area contributed by atoms with Gasteiger partial charge in [-0.05, 0) is 40.0 Å². The third-order valence-electron chi connectivity index (χ3n) is 4.87. The van der Waals surface area contributed by atoms with Crippen LogP contribution in [-0.2, 0) is 15.7 Å². The molecular formula is C19H30F3N3O. The second kappa shape index (κ2) is 6.89. The van der Waals surface area contributed by atoms with Crippen LogP contribution in [0.4, 0.5) is 19.0 Å². The van der Waals surface area contributed by atoms with E-state index in [9.17, 15) is 18.0 Å². The molecule has 2 atom stereocenters. The van der Waals surface area contributed by atoms with Crippen molar-refractivity contribution in [3.05, 3.63) is 11.8 Å². The summed E-state index contributed by atoms with van der Waals surface area (Å²) in [6.45, 7) is 12.0. The van der Waals surface area contributed by atoms with Gasteiger partial charge >= 0.3 is 6.18 Å². The number of aromatic nitrogens is 2. The van der Waals surface area contributed by atoms with E-state index in [0.29, 0.717) is 18.7 Å². The summed E-state index contributed by atoms with van der Waals surface area (Å²) >= 11 is 0. The predicted octanol–water partition coefficient (Wildman–Crippen LogP) is 5.24. The van der Waals surface area contributed by atoms with E-state index in [1.54, 1.807) is 4.68 Å². The summed E-state index contributed by atoms with van der Waals surface area (Å²) in [6.07, 6.45) is -3.33. The minimum atomic E-state index is -4.23. The Hall–Kier alpha value is -1.53. The van der Waals surface area contributed by atoms with Crippen LogP contribution >= 0.6 is 0 Å². The smallest absolute Gasteiger partial charge is 0.311 e. The van der Waals surface area contributed by atoms with E-state index in [-0.39, 0.29) is 29.7 Å². The van der Waals surface area contributed by atoms with Gasteiger partial charge in [-0.15, -0.1) is 0 Å². The molecule has 7 heteroatoms. The Kier molecular flexibility index (Phi) is 5.51. The highest BCUT2D eigenvalue weighted by atomic mass is 19.4. The van der Waals surface area contributed by atoms with Crippen molar-refractivity contribution in [2.75, 3.05) is 5.32 Å². The number of nitrogens with one attached hydrogen (secondary N) is 1. The molecule has 1 fully saturated rings. The summed E-state index contributed by atoms with van der Waals surface area (Å²) in [5.41, 5.74) is 0.287. The Morgan fingerprint density at radius 3 is 2.27 bits per heavy atom. The molecule has 1 aromatic rings. The van der Waals surface area contributed by atoms with E-state index in [1.165, 1.54) is 0 Å². The Bertz CT molecular complexity index is 650. The van der Waals surface area contributed by atoms with Crippen LogP contribution in [0.3, 0.4) is 0 Å².